The van der Waals surface area contributed by atoms with Crippen molar-refractivity contribution in [3.8, 4) is 0 Å². The van der Waals surface area contributed by atoms with Crippen molar-refractivity contribution < 1.29 is 22.9 Å². The Morgan fingerprint density at radius 3 is 2.29 bits per heavy atom. The highest BCUT2D eigenvalue weighted by molar-refractivity contribution is 6.05. The van der Waals surface area contributed by atoms with Crippen molar-refractivity contribution in [2.45, 2.75) is 0 Å². The lowest BCUT2D eigenvalue weighted by molar-refractivity contribution is -0.384. The summed E-state index contributed by atoms with van der Waals surface area (Å²) in [5.74, 6) is -4.36. The summed E-state index contributed by atoms with van der Waals surface area (Å²) in [5.41, 5.74) is -2.00. The molecule has 2 aromatic rings. The first-order valence-corrected chi connectivity index (χ1v) is 5.59. The van der Waals surface area contributed by atoms with Crippen LogP contribution in [0, 0.1) is 27.6 Å². The highest BCUT2D eigenvalue weighted by Gasteiger charge is 2.21. The molecule has 2 aromatic carbocycles. The van der Waals surface area contributed by atoms with Gasteiger partial charge in [0, 0.05) is 12.1 Å². The van der Waals surface area contributed by atoms with Gasteiger partial charge in [-0.25, -0.2) is 13.2 Å². The van der Waals surface area contributed by atoms with Crippen molar-refractivity contribution >= 4 is 17.3 Å². The van der Waals surface area contributed by atoms with Crippen molar-refractivity contribution in [2.75, 3.05) is 5.32 Å². The van der Waals surface area contributed by atoms with Crippen LogP contribution in [0.5, 0.6) is 0 Å². The summed E-state index contributed by atoms with van der Waals surface area (Å²) in [6.45, 7) is 0. The number of benzene rings is 2. The zero-order chi connectivity index (χ0) is 15.6. The summed E-state index contributed by atoms with van der Waals surface area (Å²) in [6, 6.07) is 5.14. The number of hydrogen-bond acceptors (Lipinski definition) is 3. The molecule has 21 heavy (non-hydrogen) atoms. The lowest BCUT2D eigenvalue weighted by Crippen LogP contribution is -2.16. The quantitative estimate of drug-likeness (QED) is 0.698. The van der Waals surface area contributed by atoms with Gasteiger partial charge in [-0.05, 0) is 18.2 Å². The van der Waals surface area contributed by atoms with Gasteiger partial charge in [-0.2, -0.15) is 0 Å². The minimum Gasteiger partial charge on any atom is -0.316 e. The number of halogens is 3. The molecule has 5 nitrogen and oxygen atoms in total. The minimum atomic E-state index is -1.25. The molecule has 0 aliphatic heterocycles. The molecular weight excluding hydrogens is 289 g/mol. The maximum absolute atomic E-state index is 13.4. The van der Waals surface area contributed by atoms with Gasteiger partial charge in [-0.3, -0.25) is 14.9 Å². The fraction of sp³-hybridized carbons (Fsp3) is 0. The number of amides is 1. The molecular formula is C13H7F3N2O3. The minimum absolute atomic E-state index is 0.493. The van der Waals surface area contributed by atoms with E-state index in [2.05, 4.69) is 0 Å². The van der Waals surface area contributed by atoms with Crippen LogP contribution in [0.15, 0.2) is 36.4 Å². The van der Waals surface area contributed by atoms with Crippen molar-refractivity contribution in [3.63, 3.8) is 0 Å². The van der Waals surface area contributed by atoms with Crippen LogP contribution in [0.3, 0.4) is 0 Å². The van der Waals surface area contributed by atoms with Gasteiger partial charge in [-0.15, -0.1) is 0 Å². The van der Waals surface area contributed by atoms with Crippen LogP contribution in [0.25, 0.3) is 0 Å². The van der Waals surface area contributed by atoms with E-state index in [0.29, 0.717) is 6.07 Å². The first-order valence-electron chi connectivity index (χ1n) is 5.59. The highest BCUT2D eigenvalue weighted by Crippen LogP contribution is 2.26. The first-order chi connectivity index (χ1) is 9.90. The van der Waals surface area contributed by atoms with Crippen molar-refractivity contribution in [1.29, 1.82) is 0 Å². The Morgan fingerprint density at radius 2 is 1.71 bits per heavy atom. The second-order valence-electron chi connectivity index (χ2n) is 3.97. The van der Waals surface area contributed by atoms with Crippen LogP contribution in [-0.4, -0.2) is 10.8 Å². The fourth-order valence-corrected chi connectivity index (χ4v) is 1.67. The molecule has 0 heterocycles. The number of nitro groups is 1. The Kier molecular flexibility index (Phi) is 3.88. The number of anilines is 1. The normalized spacial score (nSPS) is 10.2. The molecule has 0 aliphatic carbocycles. The van der Waals surface area contributed by atoms with Gasteiger partial charge < -0.3 is 5.32 Å². The van der Waals surface area contributed by atoms with E-state index < -0.39 is 45.2 Å². The summed E-state index contributed by atoms with van der Waals surface area (Å²) in [5, 5.41) is 12.7. The van der Waals surface area contributed by atoms with Crippen molar-refractivity contribution in [2.24, 2.45) is 0 Å². The van der Waals surface area contributed by atoms with Crippen LogP contribution in [0.4, 0.5) is 24.5 Å². The molecule has 0 atom stereocenters. The van der Waals surface area contributed by atoms with E-state index >= 15 is 0 Å². The number of carbonyl (C=O) groups is 1. The Morgan fingerprint density at radius 1 is 1.10 bits per heavy atom. The average molecular weight is 296 g/mol. The second-order valence-corrected chi connectivity index (χ2v) is 3.97. The summed E-state index contributed by atoms with van der Waals surface area (Å²) in [4.78, 5) is 21.7. The fourth-order valence-electron chi connectivity index (χ4n) is 1.67. The van der Waals surface area contributed by atoms with E-state index in [9.17, 15) is 28.1 Å². The third-order valence-corrected chi connectivity index (χ3v) is 2.59. The Hall–Kier alpha value is -2.90. The Balaban J connectivity index is 2.40. The molecule has 2 rings (SSSR count). The second kappa shape index (κ2) is 5.61. The highest BCUT2D eigenvalue weighted by atomic mass is 19.1. The molecule has 0 aromatic heterocycles. The van der Waals surface area contributed by atoms with E-state index in [-0.39, 0.29) is 0 Å². The molecule has 1 N–H and O–H groups in total. The summed E-state index contributed by atoms with van der Waals surface area (Å²) in [7, 11) is 0. The average Bonchev–Trinajstić information content (AvgIpc) is 2.38. The third-order valence-electron chi connectivity index (χ3n) is 2.59. The van der Waals surface area contributed by atoms with E-state index in [1.54, 1.807) is 0 Å². The standard InChI is InChI=1S/C13H7F3N2O3/c14-7-4-5-11(18(20)21)10(6-7)17-13(19)12-8(15)2-1-3-9(12)16/h1-6H,(H,17,19). The largest absolute Gasteiger partial charge is 0.316 e. The SMILES string of the molecule is O=C(Nc1cc(F)ccc1[N+](=O)[O-])c1c(F)cccc1F. The monoisotopic (exact) mass is 296 g/mol. The van der Waals surface area contributed by atoms with Crippen molar-refractivity contribution in [3.05, 3.63) is 69.5 Å². The lowest BCUT2D eigenvalue weighted by Gasteiger charge is -2.07. The zero-order valence-corrected chi connectivity index (χ0v) is 10.3. The third kappa shape index (κ3) is 2.99. The number of nitrogens with zero attached hydrogens (tertiary/aromatic N) is 1. The molecule has 0 bridgehead atoms. The van der Waals surface area contributed by atoms with Crippen molar-refractivity contribution in [1.82, 2.24) is 0 Å². The van der Waals surface area contributed by atoms with Crippen LogP contribution >= 0.6 is 0 Å². The Labute approximate surface area is 116 Å². The predicted octanol–water partition coefficient (Wildman–Crippen LogP) is 3.26. The maximum atomic E-state index is 13.4. The van der Waals surface area contributed by atoms with Crippen LogP contribution in [-0.2, 0) is 0 Å². The van der Waals surface area contributed by atoms with Gasteiger partial charge in [0.1, 0.15) is 28.7 Å². The van der Waals surface area contributed by atoms with Gasteiger partial charge in [0.2, 0.25) is 0 Å². The number of hydrogen-bond donors (Lipinski definition) is 1. The number of nitro benzene ring substituents is 1. The van der Waals surface area contributed by atoms with Gasteiger partial charge in [0.15, 0.2) is 0 Å². The zero-order valence-electron chi connectivity index (χ0n) is 10.3. The number of rotatable bonds is 3. The molecule has 108 valence electrons. The van der Waals surface area contributed by atoms with Gasteiger partial charge in [-0.1, -0.05) is 6.07 Å². The lowest BCUT2D eigenvalue weighted by atomic mass is 10.1. The molecule has 0 spiro atoms. The maximum Gasteiger partial charge on any atom is 0.292 e. The molecule has 1 amide bonds. The molecule has 0 saturated heterocycles. The number of carbonyl (C=O) groups excluding carboxylic acids is 1. The van der Waals surface area contributed by atoms with Gasteiger partial charge in [0.05, 0.1) is 4.92 Å². The Bertz CT molecular complexity index is 714. The molecule has 0 aliphatic rings. The smallest absolute Gasteiger partial charge is 0.292 e. The van der Waals surface area contributed by atoms with Gasteiger partial charge >= 0.3 is 0 Å². The van der Waals surface area contributed by atoms with Gasteiger partial charge in [0.25, 0.3) is 11.6 Å². The molecule has 0 radical (unpaired) electrons. The van der Waals surface area contributed by atoms with E-state index in [1.807, 2.05) is 5.32 Å². The summed E-state index contributed by atoms with van der Waals surface area (Å²) < 4.78 is 40.0. The first kappa shape index (κ1) is 14.5. The number of nitrogens with one attached hydrogen (secondary N) is 1. The molecule has 0 unspecified atom stereocenters. The molecule has 8 heteroatoms. The van der Waals surface area contributed by atoms with E-state index in [0.717, 1.165) is 30.3 Å². The molecule has 0 saturated carbocycles. The van der Waals surface area contributed by atoms with Crippen LogP contribution < -0.4 is 5.32 Å². The van der Waals surface area contributed by atoms with Crippen LogP contribution in [0.2, 0.25) is 0 Å². The van der Waals surface area contributed by atoms with E-state index in [4.69, 9.17) is 0 Å². The summed E-state index contributed by atoms with van der Waals surface area (Å²) >= 11 is 0. The van der Waals surface area contributed by atoms with Crippen LogP contribution in [0.1, 0.15) is 10.4 Å². The molecule has 0 fully saturated rings. The topological polar surface area (TPSA) is 72.2 Å². The predicted molar refractivity (Wildman–Crippen MR) is 67.4 cm³/mol. The van der Waals surface area contributed by atoms with E-state index in [1.165, 1.54) is 0 Å². The summed E-state index contributed by atoms with van der Waals surface area (Å²) in [6.07, 6.45) is 0.